The van der Waals surface area contributed by atoms with E-state index >= 15 is 0 Å². The molecule has 2 bridgehead atoms. The van der Waals surface area contributed by atoms with Gasteiger partial charge in [0.05, 0.1) is 0 Å². The molecular weight excluding hydrogens is 124 g/mol. The van der Waals surface area contributed by atoms with E-state index in [1.807, 2.05) is 0 Å². The minimum atomic E-state index is 1.26. The molecule has 2 fully saturated rings. The Hall–Kier alpha value is -0.0800. The van der Waals surface area contributed by atoms with Crippen molar-refractivity contribution in [2.75, 3.05) is 32.7 Å². The highest BCUT2D eigenvalue weighted by atomic mass is 15.2. The fraction of sp³-hybridized carbons (Fsp3) is 0.875. The Labute approximate surface area is 62.8 Å². The second kappa shape index (κ2) is 2.89. The van der Waals surface area contributed by atoms with Crippen LogP contribution >= 0.6 is 0 Å². The van der Waals surface area contributed by atoms with Crippen molar-refractivity contribution in [3.05, 3.63) is 6.54 Å². The molecule has 2 aliphatic heterocycles. The lowest BCUT2D eigenvalue weighted by Crippen LogP contribution is -2.26. The summed E-state index contributed by atoms with van der Waals surface area (Å²) >= 11 is 0. The Balaban J connectivity index is 2.01. The first-order valence-electron chi connectivity index (χ1n) is 4.25. The molecule has 0 amide bonds. The summed E-state index contributed by atoms with van der Waals surface area (Å²) < 4.78 is 0. The van der Waals surface area contributed by atoms with Crippen LogP contribution in [0.3, 0.4) is 0 Å². The molecule has 2 nitrogen and oxygen atoms in total. The smallest absolute Gasteiger partial charge is 0.0264 e. The van der Waals surface area contributed by atoms with Gasteiger partial charge < -0.3 is 4.90 Å². The summed E-state index contributed by atoms with van der Waals surface area (Å²) in [6.07, 6.45) is 2.62. The summed E-state index contributed by atoms with van der Waals surface area (Å²) in [5.74, 6) is 0. The molecule has 10 heavy (non-hydrogen) atoms. The Morgan fingerprint density at radius 2 is 1.90 bits per heavy atom. The number of fused-ring (bicyclic) bond motifs is 3. The number of nitrogens with zero attached hydrogens (tertiary/aromatic N) is 2. The van der Waals surface area contributed by atoms with Crippen LogP contribution in [-0.2, 0) is 0 Å². The van der Waals surface area contributed by atoms with E-state index < -0.39 is 0 Å². The molecular formula is C8H15N2. The van der Waals surface area contributed by atoms with Crippen molar-refractivity contribution in [2.45, 2.75) is 12.8 Å². The average Bonchev–Trinajstić information content (AvgIpc) is 2.17. The summed E-state index contributed by atoms with van der Waals surface area (Å²) in [6.45, 7) is 8.83. The van der Waals surface area contributed by atoms with Gasteiger partial charge in [0.2, 0.25) is 0 Å². The summed E-state index contributed by atoms with van der Waals surface area (Å²) in [5, 5.41) is 0. The molecule has 0 N–H and O–H groups in total. The van der Waals surface area contributed by atoms with E-state index in [9.17, 15) is 0 Å². The van der Waals surface area contributed by atoms with Crippen LogP contribution in [0.25, 0.3) is 0 Å². The molecule has 2 atom stereocenters. The SMILES string of the molecule is [CH]1CCN2CCCN1CC2. The van der Waals surface area contributed by atoms with Gasteiger partial charge in [-0.2, -0.15) is 0 Å². The maximum atomic E-state index is 2.57. The fourth-order valence-corrected chi connectivity index (χ4v) is 1.82. The molecule has 2 saturated heterocycles. The van der Waals surface area contributed by atoms with E-state index in [4.69, 9.17) is 0 Å². The minimum absolute atomic E-state index is 1.26. The van der Waals surface area contributed by atoms with E-state index in [-0.39, 0.29) is 0 Å². The van der Waals surface area contributed by atoms with Gasteiger partial charge in [-0.05, 0) is 32.5 Å². The molecule has 0 aliphatic carbocycles. The predicted octanol–water partition coefficient (Wildman–Crippen LogP) is 0.560. The third-order valence-electron chi connectivity index (χ3n) is 2.46. The average molecular weight is 139 g/mol. The van der Waals surface area contributed by atoms with Gasteiger partial charge in [-0.3, -0.25) is 4.90 Å². The lowest BCUT2D eigenvalue weighted by atomic mass is 10.3. The standard InChI is InChI=1S/C8H15N2/c1-3-9-5-2-6-10(4-1)8-7-9/h3H,1-2,4-8H2. The fourth-order valence-electron chi connectivity index (χ4n) is 1.82. The van der Waals surface area contributed by atoms with E-state index in [0.29, 0.717) is 0 Å². The van der Waals surface area contributed by atoms with Crippen molar-refractivity contribution in [1.29, 1.82) is 0 Å². The Morgan fingerprint density at radius 3 is 2.90 bits per heavy atom. The highest BCUT2D eigenvalue weighted by Crippen LogP contribution is 2.11. The lowest BCUT2D eigenvalue weighted by molar-refractivity contribution is 0.300. The number of hydrogen-bond donors (Lipinski definition) is 0. The maximum Gasteiger partial charge on any atom is 0.0264 e. The van der Waals surface area contributed by atoms with Crippen molar-refractivity contribution < 1.29 is 0 Å². The normalized spacial score (nSPS) is 40.8. The molecule has 0 saturated carbocycles. The van der Waals surface area contributed by atoms with Gasteiger partial charge in [-0.25, -0.2) is 0 Å². The molecule has 0 spiro atoms. The first-order chi connectivity index (χ1) is 4.95. The largest absolute Gasteiger partial charge is 0.302 e. The van der Waals surface area contributed by atoms with Gasteiger partial charge in [0.25, 0.3) is 0 Å². The van der Waals surface area contributed by atoms with Crippen LogP contribution in [0, 0.1) is 6.54 Å². The molecule has 2 heterocycles. The molecule has 0 aromatic rings. The van der Waals surface area contributed by atoms with Gasteiger partial charge in [0.1, 0.15) is 0 Å². The predicted molar refractivity (Wildman–Crippen MR) is 41.5 cm³/mol. The first kappa shape index (κ1) is 6.62. The van der Waals surface area contributed by atoms with Crippen molar-refractivity contribution in [2.24, 2.45) is 0 Å². The second-order valence-electron chi connectivity index (χ2n) is 3.20. The summed E-state index contributed by atoms with van der Waals surface area (Å²) in [7, 11) is 0. The van der Waals surface area contributed by atoms with Crippen LogP contribution in [0.15, 0.2) is 0 Å². The van der Waals surface area contributed by atoms with Gasteiger partial charge in [-0.1, -0.05) is 0 Å². The lowest BCUT2D eigenvalue weighted by Gasteiger charge is -2.19. The third kappa shape index (κ3) is 1.32. The summed E-state index contributed by atoms with van der Waals surface area (Å²) in [4.78, 5) is 5.05. The highest BCUT2D eigenvalue weighted by Gasteiger charge is 2.17. The van der Waals surface area contributed by atoms with E-state index in [1.165, 1.54) is 45.6 Å². The van der Waals surface area contributed by atoms with Gasteiger partial charge >= 0.3 is 0 Å². The summed E-state index contributed by atoms with van der Waals surface area (Å²) in [5.41, 5.74) is 0. The molecule has 0 aromatic carbocycles. The minimum Gasteiger partial charge on any atom is -0.302 e. The van der Waals surface area contributed by atoms with E-state index in [0.717, 1.165) is 0 Å². The zero-order valence-electron chi connectivity index (χ0n) is 6.42. The van der Waals surface area contributed by atoms with E-state index in [1.54, 1.807) is 0 Å². The van der Waals surface area contributed by atoms with Crippen molar-refractivity contribution >= 4 is 0 Å². The van der Waals surface area contributed by atoms with Crippen LogP contribution in [0.2, 0.25) is 0 Å². The van der Waals surface area contributed by atoms with Crippen LogP contribution in [-0.4, -0.2) is 42.5 Å². The quantitative estimate of drug-likeness (QED) is 0.484. The Morgan fingerprint density at radius 1 is 0.900 bits per heavy atom. The van der Waals surface area contributed by atoms with Gasteiger partial charge in [0.15, 0.2) is 0 Å². The second-order valence-corrected chi connectivity index (χ2v) is 3.20. The zero-order chi connectivity index (χ0) is 6.81. The van der Waals surface area contributed by atoms with Crippen molar-refractivity contribution in [1.82, 2.24) is 9.80 Å². The molecule has 2 aliphatic rings. The molecule has 1 radical (unpaired) electrons. The van der Waals surface area contributed by atoms with E-state index in [2.05, 4.69) is 16.3 Å². The Bertz CT molecular complexity index is 91.8. The maximum absolute atomic E-state index is 2.57. The molecule has 2 unspecified atom stereocenters. The van der Waals surface area contributed by atoms with Gasteiger partial charge in [-0.15, -0.1) is 0 Å². The van der Waals surface area contributed by atoms with Crippen LogP contribution < -0.4 is 0 Å². The van der Waals surface area contributed by atoms with Crippen molar-refractivity contribution in [3.8, 4) is 0 Å². The van der Waals surface area contributed by atoms with Crippen LogP contribution in [0.1, 0.15) is 12.8 Å². The monoisotopic (exact) mass is 139 g/mol. The number of rotatable bonds is 0. The molecule has 57 valence electrons. The Kier molecular flexibility index (Phi) is 1.91. The summed E-state index contributed by atoms with van der Waals surface area (Å²) in [6, 6.07) is 0. The molecule has 2 heteroatoms. The first-order valence-corrected chi connectivity index (χ1v) is 4.25. The zero-order valence-corrected chi connectivity index (χ0v) is 6.42. The number of hydrogen-bond acceptors (Lipinski definition) is 2. The third-order valence-corrected chi connectivity index (χ3v) is 2.46. The molecule has 2 rings (SSSR count). The van der Waals surface area contributed by atoms with Crippen LogP contribution in [0.4, 0.5) is 0 Å². The topological polar surface area (TPSA) is 6.48 Å². The highest BCUT2D eigenvalue weighted by molar-refractivity contribution is 4.80. The molecule has 0 aromatic heterocycles. The van der Waals surface area contributed by atoms with Crippen molar-refractivity contribution in [3.63, 3.8) is 0 Å². The van der Waals surface area contributed by atoms with Gasteiger partial charge in [0, 0.05) is 19.6 Å². The van der Waals surface area contributed by atoms with Crippen LogP contribution in [0.5, 0.6) is 0 Å².